The number of nitrogens with two attached hydrogens (primary N) is 1. The molecule has 5 aromatic heterocycles. The number of pyridine rings is 1. The predicted molar refractivity (Wildman–Crippen MR) is 132 cm³/mol. The summed E-state index contributed by atoms with van der Waals surface area (Å²) in [6.45, 7) is 7.54. The van der Waals surface area contributed by atoms with Gasteiger partial charge in [-0.25, -0.2) is 24.2 Å². The highest BCUT2D eigenvalue weighted by Crippen LogP contribution is 2.35. The lowest BCUT2D eigenvalue weighted by Crippen LogP contribution is -2.14. The summed E-state index contributed by atoms with van der Waals surface area (Å²) >= 11 is 0. The summed E-state index contributed by atoms with van der Waals surface area (Å²) in [4.78, 5) is 25.0. The number of anilines is 1. The zero-order chi connectivity index (χ0) is 25.5. The number of nitrogens with zero attached hydrogens (tertiary/aromatic N) is 12. The van der Waals surface area contributed by atoms with Crippen LogP contribution in [0, 0.1) is 6.57 Å². The largest absolute Gasteiger partial charge is 0.368 e. The molecule has 0 spiro atoms. The van der Waals surface area contributed by atoms with Gasteiger partial charge in [0.15, 0.2) is 17.2 Å². The van der Waals surface area contributed by atoms with Gasteiger partial charge in [0.05, 0.1) is 17.8 Å². The number of hydrogen-bond acceptors (Lipinski definition) is 9. The van der Waals surface area contributed by atoms with Gasteiger partial charge in [0.1, 0.15) is 6.54 Å². The molecule has 6 aromatic rings. The van der Waals surface area contributed by atoms with Crippen LogP contribution < -0.4 is 11.3 Å². The molecular formula is C23H17N13O. The average Bonchev–Trinajstić information content (AvgIpc) is 3.67. The first-order valence-corrected chi connectivity index (χ1v) is 11.0. The Bertz CT molecular complexity index is 1870. The van der Waals surface area contributed by atoms with Gasteiger partial charge >= 0.3 is 0 Å². The van der Waals surface area contributed by atoms with E-state index in [0.717, 1.165) is 0 Å². The van der Waals surface area contributed by atoms with Crippen molar-refractivity contribution in [3.63, 3.8) is 0 Å². The lowest BCUT2D eigenvalue weighted by molar-refractivity contribution is 0.598. The average molecular weight is 491 g/mol. The van der Waals surface area contributed by atoms with Crippen molar-refractivity contribution in [2.24, 2.45) is 7.05 Å². The normalized spacial score (nSPS) is 11.1. The molecule has 1 aromatic carbocycles. The van der Waals surface area contributed by atoms with Crippen molar-refractivity contribution in [1.29, 1.82) is 0 Å². The number of tetrazole rings is 1. The third-order valence-corrected chi connectivity index (χ3v) is 5.69. The molecule has 180 valence electrons. The summed E-state index contributed by atoms with van der Waals surface area (Å²) in [7, 11) is 1.66. The number of nitrogen functional groups attached to an aromatic ring is 1. The van der Waals surface area contributed by atoms with Gasteiger partial charge in [0.25, 0.3) is 5.95 Å². The lowest BCUT2D eigenvalue weighted by atomic mass is 10.0. The van der Waals surface area contributed by atoms with Crippen LogP contribution in [0.15, 0.2) is 65.8 Å². The molecule has 0 unspecified atom stereocenters. The molecule has 0 fully saturated rings. The SMILES string of the molecule is [C-]#[N+]c1cccc(-c2nc(N)n3nc(Cn4nnnc4-n4cccn4)nc3c2-c2ccc(=O)n(C)c2)c1. The third kappa shape index (κ3) is 3.76. The van der Waals surface area contributed by atoms with Gasteiger partial charge < -0.3 is 10.3 Å². The van der Waals surface area contributed by atoms with E-state index in [1.165, 1.54) is 24.5 Å². The molecule has 5 heterocycles. The van der Waals surface area contributed by atoms with Crippen LogP contribution >= 0.6 is 0 Å². The first kappa shape index (κ1) is 21.8. The summed E-state index contributed by atoms with van der Waals surface area (Å²) in [6, 6.07) is 12.0. The summed E-state index contributed by atoms with van der Waals surface area (Å²) < 4.78 is 5.95. The molecular weight excluding hydrogens is 474 g/mol. The monoisotopic (exact) mass is 491 g/mol. The van der Waals surface area contributed by atoms with E-state index in [1.807, 2.05) is 6.07 Å². The summed E-state index contributed by atoms with van der Waals surface area (Å²) in [5.41, 5.74) is 9.53. The number of fused-ring (bicyclic) bond motifs is 1. The molecule has 14 nitrogen and oxygen atoms in total. The van der Waals surface area contributed by atoms with Crippen molar-refractivity contribution >= 4 is 17.3 Å². The summed E-state index contributed by atoms with van der Waals surface area (Å²) in [5.74, 6) is 0.881. The Balaban J connectivity index is 1.56. The first-order valence-electron chi connectivity index (χ1n) is 11.0. The van der Waals surface area contributed by atoms with E-state index in [2.05, 4.69) is 35.6 Å². The molecule has 0 aliphatic carbocycles. The van der Waals surface area contributed by atoms with Crippen LogP contribution in [0.25, 0.3) is 38.8 Å². The number of hydrogen-bond donors (Lipinski definition) is 1. The van der Waals surface area contributed by atoms with E-state index in [-0.39, 0.29) is 18.1 Å². The standard InChI is InChI=1S/C23H17N13O/c1-25-16-6-3-5-14(11-16)20-19(15-7-8-18(37)33(2)12-15)21-27-17(30-36(21)22(24)28-20)13-35-23(29-31-32-35)34-10-4-9-26-34/h3-12H,13H2,2H3,(H2,24,28). The predicted octanol–water partition coefficient (Wildman–Crippen LogP) is 1.51. The van der Waals surface area contributed by atoms with Gasteiger partial charge in [-0.05, 0) is 34.2 Å². The second kappa shape index (κ2) is 8.50. The molecule has 0 radical (unpaired) electrons. The van der Waals surface area contributed by atoms with Crippen molar-refractivity contribution in [1.82, 2.24) is 54.1 Å². The minimum absolute atomic E-state index is 0.106. The fourth-order valence-corrected chi connectivity index (χ4v) is 3.99. The van der Waals surface area contributed by atoms with E-state index in [9.17, 15) is 4.79 Å². The second-order valence-corrected chi connectivity index (χ2v) is 8.07. The highest BCUT2D eigenvalue weighted by Gasteiger charge is 2.21. The smallest absolute Gasteiger partial charge is 0.270 e. The Kier molecular flexibility index (Phi) is 5.01. The molecule has 0 saturated carbocycles. The van der Waals surface area contributed by atoms with Gasteiger partial charge in [-0.3, -0.25) is 4.79 Å². The van der Waals surface area contributed by atoms with Gasteiger partial charge in [-0.15, -0.1) is 5.10 Å². The van der Waals surface area contributed by atoms with Gasteiger partial charge in [0.2, 0.25) is 11.5 Å². The maximum absolute atomic E-state index is 12.1. The zero-order valence-corrected chi connectivity index (χ0v) is 19.3. The molecule has 0 bridgehead atoms. The summed E-state index contributed by atoms with van der Waals surface area (Å²) in [6.07, 6.45) is 5.05. The fourth-order valence-electron chi connectivity index (χ4n) is 3.99. The third-order valence-electron chi connectivity index (χ3n) is 5.69. The maximum Gasteiger partial charge on any atom is 0.270 e. The molecule has 0 amide bonds. The highest BCUT2D eigenvalue weighted by atomic mass is 16.1. The van der Waals surface area contributed by atoms with E-state index in [1.54, 1.807) is 56.0 Å². The minimum atomic E-state index is -0.160. The second-order valence-electron chi connectivity index (χ2n) is 8.07. The highest BCUT2D eigenvalue weighted by molar-refractivity contribution is 5.91. The van der Waals surface area contributed by atoms with Crippen molar-refractivity contribution in [2.45, 2.75) is 6.54 Å². The number of aryl methyl sites for hydroxylation is 1. The number of aromatic nitrogens is 11. The Morgan fingerprint density at radius 3 is 2.78 bits per heavy atom. The Morgan fingerprint density at radius 2 is 2.00 bits per heavy atom. The molecule has 0 aliphatic heterocycles. The molecule has 14 heteroatoms. The van der Waals surface area contributed by atoms with E-state index < -0.39 is 0 Å². The van der Waals surface area contributed by atoms with Gasteiger partial charge in [0, 0.05) is 37.3 Å². The molecule has 2 N–H and O–H groups in total. The topological polar surface area (TPSA) is 157 Å². The molecule has 37 heavy (non-hydrogen) atoms. The van der Waals surface area contributed by atoms with Crippen LogP contribution in [-0.2, 0) is 13.6 Å². The number of benzene rings is 1. The van der Waals surface area contributed by atoms with Crippen molar-refractivity contribution in [3.8, 4) is 28.3 Å². The van der Waals surface area contributed by atoms with Crippen LogP contribution in [0.4, 0.5) is 11.6 Å². The van der Waals surface area contributed by atoms with E-state index in [4.69, 9.17) is 17.3 Å². The minimum Gasteiger partial charge on any atom is -0.368 e. The quantitative estimate of drug-likeness (QED) is 0.353. The Morgan fingerprint density at radius 1 is 1.11 bits per heavy atom. The molecule has 6 rings (SSSR count). The van der Waals surface area contributed by atoms with Crippen LogP contribution in [0.2, 0.25) is 0 Å². The molecule has 0 saturated heterocycles. The fraction of sp³-hybridized carbons (Fsp3) is 0.0870. The van der Waals surface area contributed by atoms with Gasteiger partial charge in [-0.2, -0.15) is 9.61 Å². The van der Waals surface area contributed by atoms with Crippen LogP contribution in [-0.4, -0.2) is 54.1 Å². The zero-order valence-electron chi connectivity index (χ0n) is 19.3. The van der Waals surface area contributed by atoms with Crippen molar-refractivity contribution in [2.75, 3.05) is 5.73 Å². The van der Waals surface area contributed by atoms with E-state index >= 15 is 0 Å². The van der Waals surface area contributed by atoms with E-state index in [0.29, 0.717) is 45.5 Å². The van der Waals surface area contributed by atoms with Crippen molar-refractivity contribution in [3.05, 3.63) is 88.7 Å². The lowest BCUT2D eigenvalue weighted by Gasteiger charge is -2.13. The van der Waals surface area contributed by atoms with Crippen LogP contribution in [0.3, 0.4) is 0 Å². The Labute approximate surface area is 208 Å². The molecule has 0 atom stereocenters. The number of rotatable bonds is 5. The molecule has 0 aliphatic rings. The maximum atomic E-state index is 12.1. The van der Waals surface area contributed by atoms with Crippen LogP contribution in [0.5, 0.6) is 0 Å². The first-order chi connectivity index (χ1) is 18.0. The van der Waals surface area contributed by atoms with Gasteiger partial charge in [-0.1, -0.05) is 23.3 Å². The van der Waals surface area contributed by atoms with Crippen LogP contribution in [0.1, 0.15) is 5.82 Å². The summed E-state index contributed by atoms with van der Waals surface area (Å²) in [5, 5.41) is 20.5. The van der Waals surface area contributed by atoms with Crippen molar-refractivity contribution < 1.29 is 0 Å². The Hall–Kier alpha value is -5.71.